The molecule has 0 aliphatic heterocycles. The Morgan fingerprint density at radius 2 is 1.94 bits per heavy atom. The number of ether oxygens (including phenoxy) is 1. The molecule has 0 aromatic heterocycles. The van der Waals surface area contributed by atoms with E-state index in [1.54, 1.807) is 0 Å². The molecule has 0 saturated carbocycles. The van der Waals surface area contributed by atoms with Crippen LogP contribution in [0.5, 0.6) is 0 Å². The number of rotatable bonds is 3. The van der Waals surface area contributed by atoms with Crippen LogP contribution in [0, 0.1) is 0 Å². The number of hydrogen-bond acceptors (Lipinski definition) is 3. The van der Waals surface area contributed by atoms with E-state index in [9.17, 15) is 4.79 Å². The molecule has 3 nitrogen and oxygen atoms in total. The van der Waals surface area contributed by atoms with Crippen LogP contribution >= 0.6 is 0 Å². The predicted molar refractivity (Wildman–Crippen MR) is 67.5 cm³/mol. The SMILES string of the molecule is COC(=O)CC(N)c1cccc2ccccc12. The number of methoxy groups -OCH3 is 1. The first-order chi connectivity index (χ1) is 8.22. The lowest BCUT2D eigenvalue weighted by atomic mass is 9.97. The predicted octanol–water partition coefficient (Wildman–Crippen LogP) is 2.40. The van der Waals surface area contributed by atoms with Gasteiger partial charge in [0, 0.05) is 6.04 Å². The van der Waals surface area contributed by atoms with Crippen LogP contribution in [-0.4, -0.2) is 13.1 Å². The maximum atomic E-state index is 11.2. The second-order valence-electron chi connectivity index (χ2n) is 3.96. The van der Waals surface area contributed by atoms with Gasteiger partial charge in [0.2, 0.25) is 0 Å². The van der Waals surface area contributed by atoms with Crippen LogP contribution < -0.4 is 5.73 Å². The van der Waals surface area contributed by atoms with Gasteiger partial charge in [-0.15, -0.1) is 0 Å². The van der Waals surface area contributed by atoms with Crippen molar-refractivity contribution < 1.29 is 9.53 Å². The molecule has 2 aromatic rings. The molecule has 0 radical (unpaired) electrons. The molecule has 0 aliphatic rings. The minimum absolute atomic E-state index is 0.199. The zero-order chi connectivity index (χ0) is 12.3. The van der Waals surface area contributed by atoms with Crippen molar-refractivity contribution in [3.63, 3.8) is 0 Å². The highest BCUT2D eigenvalue weighted by Gasteiger charge is 2.13. The quantitative estimate of drug-likeness (QED) is 0.822. The van der Waals surface area contributed by atoms with E-state index in [1.165, 1.54) is 7.11 Å². The first-order valence-corrected chi connectivity index (χ1v) is 5.52. The van der Waals surface area contributed by atoms with Gasteiger partial charge in [0.15, 0.2) is 0 Å². The summed E-state index contributed by atoms with van der Waals surface area (Å²) in [7, 11) is 1.37. The van der Waals surface area contributed by atoms with Crippen molar-refractivity contribution in [3.8, 4) is 0 Å². The molecule has 0 aliphatic carbocycles. The van der Waals surface area contributed by atoms with E-state index in [2.05, 4.69) is 4.74 Å². The first-order valence-electron chi connectivity index (χ1n) is 5.52. The van der Waals surface area contributed by atoms with Gasteiger partial charge in [-0.25, -0.2) is 0 Å². The van der Waals surface area contributed by atoms with Crippen molar-refractivity contribution >= 4 is 16.7 Å². The highest BCUT2D eigenvalue weighted by molar-refractivity contribution is 5.86. The summed E-state index contributed by atoms with van der Waals surface area (Å²) >= 11 is 0. The van der Waals surface area contributed by atoms with Gasteiger partial charge in [-0.2, -0.15) is 0 Å². The summed E-state index contributed by atoms with van der Waals surface area (Å²) in [5.41, 5.74) is 7.02. The van der Waals surface area contributed by atoms with Crippen molar-refractivity contribution in [3.05, 3.63) is 48.0 Å². The minimum Gasteiger partial charge on any atom is -0.469 e. The fourth-order valence-corrected chi connectivity index (χ4v) is 1.95. The van der Waals surface area contributed by atoms with E-state index >= 15 is 0 Å². The third-order valence-electron chi connectivity index (χ3n) is 2.84. The van der Waals surface area contributed by atoms with Gasteiger partial charge >= 0.3 is 5.97 Å². The van der Waals surface area contributed by atoms with E-state index in [0.29, 0.717) is 0 Å². The van der Waals surface area contributed by atoms with Gasteiger partial charge in [0.05, 0.1) is 13.5 Å². The number of benzene rings is 2. The van der Waals surface area contributed by atoms with Crippen molar-refractivity contribution in [2.45, 2.75) is 12.5 Å². The van der Waals surface area contributed by atoms with Crippen molar-refractivity contribution in [2.75, 3.05) is 7.11 Å². The summed E-state index contributed by atoms with van der Waals surface area (Å²) in [6.45, 7) is 0. The lowest BCUT2D eigenvalue weighted by Crippen LogP contribution is -2.16. The van der Waals surface area contributed by atoms with E-state index in [-0.39, 0.29) is 18.4 Å². The van der Waals surface area contributed by atoms with Gasteiger partial charge in [-0.1, -0.05) is 42.5 Å². The summed E-state index contributed by atoms with van der Waals surface area (Å²) in [4.78, 5) is 11.2. The average Bonchev–Trinajstić information content (AvgIpc) is 2.37. The Morgan fingerprint density at radius 1 is 1.24 bits per heavy atom. The number of esters is 1. The standard InChI is InChI=1S/C14H15NO2/c1-17-14(16)9-13(15)12-8-4-6-10-5-2-3-7-11(10)12/h2-8,13H,9,15H2,1H3. The Balaban J connectivity index is 2.38. The van der Waals surface area contributed by atoms with Crippen LogP contribution in [-0.2, 0) is 9.53 Å². The monoisotopic (exact) mass is 229 g/mol. The summed E-state index contributed by atoms with van der Waals surface area (Å²) < 4.78 is 4.64. The van der Waals surface area contributed by atoms with Crippen molar-refractivity contribution in [1.29, 1.82) is 0 Å². The van der Waals surface area contributed by atoms with Crippen LogP contribution in [0.4, 0.5) is 0 Å². The van der Waals surface area contributed by atoms with Crippen LogP contribution in [0.1, 0.15) is 18.0 Å². The number of carbonyl (C=O) groups is 1. The fourth-order valence-electron chi connectivity index (χ4n) is 1.95. The number of nitrogens with two attached hydrogens (primary N) is 1. The van der Waals surface area contributed by atoms with Crippen molar-refractivity contribution in [1.82, 2.24) is 0 Å². The molecule has 1 unspecified atom stereocenters. The number of carbonyl (C=O) groups excluding carboxylic acids is 1. The molecule has 0 saturated heterocycles. The van der Waals surface area contributed by atoms with Gasteiger partial charge < -0.3 is 10.5 Å². The molecule has 0 heterocycles. The van der Waals surface area contributed by atoms with Crippen LogP contribution in [0.25, 0.3) is 10.8 Å². The van der Waals surface area contributed by atoms with Crippen LogP contribution in [0.15, 0.2) is 42.5 Å². The smallest absolute Gasteiger partial charge is 0.307 e. The van der Waals surface area contributed by atoms with Gasteiger partial charge in [-0.05, 0) is 16.3 Å². The Kier molecular flexibility index (Phi) is 3.40. The second kappa shape index (κ2) is 4.97. The molecule has 88 valence electrons. The molecule has 1 atom stereocenters. The largest absolute Gasteiger partial charge is 0.469 e. The maximum absolute atomic E-state index is 11.2. The van der Waals surface area contributed by atoms with Gasteiger partial charge in [0.1, 0.15) is 0 Å². The van der Waals surface area contributed by atoms with Crippen LogP contribution in [0.2, 0.25) is 0 Å². The third kappa shape index (κ3) is 2.45. The molecular formula is C14H15NO2. The van der Waals surface area contributed by atoms with E-state index in [0.717, 1.165) is 16.3 Å². The summed E-state index contributed by atoms with van der Waals surface area (Å²) in [6.07, 6.45) is 0.199. The molecular weight excluding hydrogens is 214 g/mol. The Labute approximate surface area is 100 Å². The molecule has 0 amide bonds. The molecule has 0 bridgehead atoms. The first kappa shape index (κ1) is 11.6. The molecule has 2 aromatic carbocycles. The maximum Gasteiger partial charge on any atom is 0.307 e. The van der Waals surface area contributed by atoms with Crippen LogP contribution in [0.3, 0.4) is 0 Å². The topological polar surface area (TPSA) is 52.3 Å². The zero-order valence-corrected chi connectivity index (χ0v) is 9.72. The van der Waals surface area contributed by atoms with Gasteiger partial charge in [0.25, 0.3) is 0 Å². The summed E-state index contributed by atoms with van der Waals surface area (Å²) in [5, 5.41) is 2.22. The number of hydrogen-bond donors (Lipinski definition) is 1. The molecule has 0 fully saturated rings. The molecule has 3 heteroatoms. The van der Waals surface area contributed by atoms with E-state index < -0.39 is 0 Å². The Morgan fingerprint density at radius 3 is 2.71 bits per heavy atom. The normalized spacial score (nSPS) is 12.4. The molecule has 17 heavy (non-hydrogen) atoms. The van der Waals surface area contributed by atoms with Crippen molar-refractivity contribution in [2.24, 2.45) is 5.73 Å². The minimum atomic E-state index is -0.325. The highest BCUT2D eigenvalue weighted by atomic mass is 16.5. The fraction of sp³-hybridized carbons (Fsp3) is 0.214. The van der Waals surface area contributed by atoms with E-state index in [4.69, 9.17) is 5.73 Å². The summed E-state index contributed by atoms with van der Waals surface area (Å²) in [5.74, 6) is -0.287. The highest BCUT2D eigenvalue weighted by Crippen LogP contribution is 2.24. The lowest BCUT2D eigenvalue weighted by Gasteiger charge is -2.13. The average molecular weight is 229 g/mol. The third-order valence-corrected chi connectivity index (χ3v) is 2.84. The summed E-state index contributed by atoms with van der Waals surface area (Å²) in [6, 6.07) is 13.6. The lowest BCUT2D eigenvalue weighted by molar-refractivity contribution is -0.141. The van der Waals surface area contributed by atoms with Gasteiger partial charge in [-0.3, -0.25) is 4.79 Å². The Bertz CT molecular complexity index is 531. The molecule has 2 N–H and O–H groups in total. The number of fused-ring (bicyclic) bond motifs is 1. The Hall–Kier alpha value is -1.87. The van der Waals surface area contributed by atoms with E-state index in [1.807, 2.05) is 42.5 Å². The second-order valence-corrected chi connectivity index (χ2v) is 3.96. The molecule has 2 rings (SSSR count). The zero-order valence-electron chi connectivity index (χ0n) is 9.72. The molecule has 0 spiro atoms.